The molecule has 1 fully saturated rings. The number of carbonyl (C=O) groups is 2. The van der Waals surface area contributed by atoms with Crippen molar-refractivity contribution in [2.24, 2.45) is 5.73 Å². The third-order valence-corrected chi connectivity index (χ3v) is 3.68. The number of amides is 3. The van der Waals surface area contributed by atoms with Gasteiger partial charge in [-0.25, -0.2) is 4.79 Å². The Morgan fingerprint density at radius 1 is 1.28 bits per heavy atom. The lowest BCUT2D eigenvalue weighted by Gasteiger charge is -2.34. The Labute approximate surface area is 108 Å². The van der Waals surface area contributed by atoms with Crippen molar-refractivity contribution in [3.63, 3.8) is 0 Å². The molecule has 18 heavy (non-hydrogen) atoms. The van der Waals surface area contributed by atoms with E-state index in [0.29, 0.717) is 25.0 Å². The standard InChI is InChI=1S/C12H24N4O2/c1-14-9-3-5-10(6-4-9)16(2)8-7-11(17)15-12(13)18/h9-10,14H,3-8H2,1-2H3,(H3,13,15,17,18). The number of primary amides is 1. The SMILES string of the molecule is CNC1CCC(N(C)CCC(=O)NC(N)=O)CC1. The molecule has 0 aromatic heterocycles. The smallest absolute Gasteiger partial charge is 0.318 e. The average Bonchev–Trinajstić information content (AvgIpc) is 2.35. The van der Waals surface area contributed by atoms with E-state index in [1.54, 1.807) is 0 Å². The summed E-state index contributed by atoms with van der Waals surface area (Å²) < 4.78 is 0. The molecular weight excluding hydrogens is 232 g/mol. The maximum absolute atomic E-state index is 11.3. The van der Waals surface area contributed by atoms with Crippen molar-refractivity contribution in [3.8, 4) is 0 Å². The van der Waals surface area contributed by atoms with E-state index in [4.69, 9.17) is 5.73 Å². The van der Waals surface area contributed by atoms with Crippen molar-refractivity contribution < 1.29 is 9.59 Å². The van der Waals surface area contributed by atoms with Crippen LogP contribution in [-0.4, -0.2) is 49.6 Å². The highest BCUT2D eigenvalue weighted by Crippen LogP contribution is 2.22. The summed E-state index contributed by atoms with van der Waals surface area (Å²) in [7, 11) is 4.03. The van der Waals surface area contributed by atoms with Gasteiger partial charge in [-0.2, -0.15) is 0 Å². The monoisotopic (exact) mass is 256 g/mol. The Bertz CT molecular complexity index is 288. The van der Waals surface area contributed by atoms with Crippen LogP contribution in [0.5, 0.6) is 0 Å². The summed E-state index contributed by atoms with van der Waals surface area (Å²) in [5, 5.41) is 5.38. The molecule has 4 N–H and O–H groups in total. The van der Waals surface area contributed by atoms with E-state index in [1.807, 2.05) is 14.1 Å². The second-order valence-electron chi connectivity index (χ2n) is 4.94. The van der Waals surface area contributed by atoms with Gasteiger partial charge in [-0.15, -0.1) is 0 Å². The lowest BCUT2D eigenvalue weighted by atomic mass is 9.90. The van der Waals surface area contributed by atoms with E-state index in [1.165, 1.54) is 12.8 Å². The molecule has 1 aliphatic rings. The summed E-state index contributed by atoms with van der Waals surface area (Å²) in [6, 6.07) is 0.390. The van der Waals surface area contributed by atoms with Gasteiger partial charge >= 0.3 is 6.03 Å². The maximum atomic E-state index is 11.3. The predicted octanol–water partition coefficient (Wildman–Crippen LogP) is 0.0338. The van der Waals surface area contributed by atoms with Gasteiger partial charge in [-0.1, -0.05) is 0 Å². The van der Waals surface area contributed by atoms with Crippen molar-refractivity contribution >= 4 is 11.9 Å². The number of rotatable bonds is 5. The minimum absolute atomic E-state index is 0.307. The van der Waals surface area contributed by atoms with Gasteiger partial charge in [0.1, 0.15) is 0 Å². The molecule has 0 bridgehead atoms. The highest BCUT2D eigenvalue weighted by atomic mass is 16.2. The number of carbonyl (C=O) groups excluding carboxylic acids is 2. The zero-order valence-electron chi connectivity index (χ0n) is 11.2. The van der Waals surface area contributed by atoms with Crippen LogP contribution in [-0.2, 0) is 4.79 Å². The fraction of sp³-hybridized carbons (Fsp3) is 0.833. The number of urea groups is 1. The van der Waals surface area contributed by atoms with Gasteiger partial charge in [0.25, 0.3) is 0 Å². The first-order valence-electron chi connectivity index (χ1n) is 6.49. The van der Waals surface area contributed by atoms with E-state index in [2.05, 4.69) is 15.5 Å². The first kappa shape index (κ1) is 14.9. The summed E-state index contributed by atoms with van der Waals surface area (Å²) >= 11 is 0. The van der Waals surface area contributed by atoms with E-state index >= 15 is 0 Å². The van der Waals surface area contributed by atoms with Gasteiger partial charge < -0.3 is 16.0 Å². The summed E-state index contributed by atoms with van der Waals surface area (Å²) in [6.07, 6.45) is 4.97. The fourth-order valence-electron chi connectivity index (χ4n) is 2.47. The topological polar surface area (TPSA) is 87.5 Å². The molecule has 1 rings (SSSR count). The summed E-state index contributed by atoms with van der Waals surface area (Å²) in [5.74, 6) is -0.307. The second kappa shape index (κ2) is 7.33. The van der Waals surface area contributed by atoms with Gasteiger partial charge in [0.15, 0.2) is 0 Å². The van der Waals surface area contributed by atoms with Crippen LogP contribution in [0.3, 0.4) is 0 Å². The molecule has 0 aromatic carbocycles. The largest absolute Gasteiger partial charge is 0.351 e. The summed E-state index contributed by atoms with van der Waals surface area (Å²) in [5.41, 5.74) is 4.88. The first-order valence-corrected chi connectivity index (χ1v) is 6.49. The molecule has 0 unspecified atom stereocenters. The van der Waals surface area contributed by atoms with E-state index in [9.17, 15) is 9.59 Å². The van der Waals surface area contributed by atoms with E-state index in [0.717, 1.165) is 12.8 Å². The van der Waals surface area contributed by atoms with Crippen LogP contribution in [0.4, 0.5) is 4.79 Å². The quantitative estimate of drug-likeness (QED) is 0.648. The highest BCUT2D eigenvalue weighted by molar-refractivity contribution is 5.93. The molecule has 0 spiro atoms. The molecule has 0 aromatic rings. The third kappa shape index (κ3) is 5.01. The molecule has 3 amide bonds. The molecule has 0 aliphatic heterocycles. The Morgan fingerprint density at radius 3 is 2.39 bits per heavy atom. The molecule has 6 nitrogen and oxygen atoms in total. The number of nitrogens with zero attached hydrogens (tertiary/aromatic N) is 1. The van der Waals surface area contributed by atoms with Crippen LogP contribution >= 0.6 is 0 Å². The zero-order valence-corrected chi connectivity index (χ0v) is 11.2. The predicted molar refractivity (Wildman–Crippen MR) is 70.1 cm³/mol. The van der Waals surface area contributed by atoms with Gasteiger partial charge in [0.05, 0.1) is 0 Å². The van der Waals surface area contributed by atoms with Gasteiger partial charge in [-0.3, -0.25) is 10.1 Å². The molecule has 0 saturated heterocycles. The van der Waals surface area contributed by atoms with E-state index in [-0.39, 0.29) is 5.91 Å². The summed E-state index contributed by atoms with van der Waals surface area (Å²) in [4.78, 5) is 24.0. The van der Waals surface area contributed by atoms with Gasteiger partial charge in [0, 0.05) is 25.0 Å². The van der Waals surface area contributed by atoms with Crippen LogP contribution in [0.15, 0.2) is 0 Å². The minimum atomic E-state index is -0.780. The Morgan fingerprint density at radius 2 is 1.89 bits per heavy atom. The molecule has 1 saturated carbocycles. The van der Waals surface area contributed by atoms with Crippen molar-refractivity contribution in [2.75, 3.05) is 20.6 Å². The lowest BCUT2D eigenvalue weighted by molar-refractivity contribution is -0.120. The minimum Gasteiger partial charge on any atom is -0.351 e. The van der Waals surface area contributed by atoms with Crippen LogP contribution in [0, 0.1) is 0 Å². The fourth-order valence-corrected chi connectivity index (χ4v) is 2.47. The number of hydrogen-bond donors (Lipinski definition) is 3. The lowest BCUT2D eigenvalue weighted by Crippen LogP contribution is -2.42. The van der Waals surface area contributed by atoms with Crippen LogP contribution < -0.4 is 16.4 Å². The van der Waals surface area contributed by atoms with Crippen molar-refractivity contribution in [1.29, 1.82) is 0 Å². The Hall–Kier alpha value is -1.14. The molecule has 104 valence electrons. The number of nitrogens with two attached hydrogens (primary N) is 1. The summed E-state index contributed by atoms with van der Waals surface area (Å²) in [6.45, 7) is 0.661. The number of imide groups is 1. The van der Waals surface area contributed by atoms with Crippen LogP contribution in [0.25, 0.3) is 0 Å². The van der Waals surface area contributed by atoms with Crippen molar-refractivity contribution in [1.82, 2.24) is 15.5 Å². The zero-order chi connectivity index (χ0) is 13.5. The second-order valence-corrected chi connectivity index (χ2v) is 4.94. The highest BCUT2D eigenvalue weighted by Gasteiger charge is 2.23. The number of hydrogen-bond acceptors (Lipinski definition) is 4. The molecule has 0 radical (unpaired) electrons. The van der Waals surface area contributed by atoms with Crippen LogP contribution in [0.1, 0.15) is 32.1 Å². The molecule has 6 heteroatoms. The Kier molecular flexibility index (Phi) is 6.07. The third-order valence-electron chi connectivity index (χ3n) is 3.68. The maximum Gasteiger partial charge on any atom is 0.318 e. The number of nitrogens with one attached hydrogen (secondary N) is 2. The molecule has 1 aliphatic carbocycles. The molecule has 0 atom stereocenters. The van der Waals surface area contributed by atoms with Crippen molar-refractivity contribution in [3.05, 3.63) is 0 Å². The Balaban J connectivity index is 2.23. The average molecular weight is 256 g/mol. The normalized spacial score (nSPS) is 23.9. The first-order chi connectivity index (χ1) is 8.52. The van der Waals surface area contributed by atoms with Crippen LogP contribution in [0.2, 0.25) is 0 Å². The molecule has 0 heterocycles. The van der Waals surface area contributed by atoms with Gasteiger partial charge in [-0.05, 0) is 39.8 Å². The van der Waals surface area contributed by atoms with Crippen molar-refractivity contribution in [2.45, 2.75) is 44.2 Å². The van der Waals surface area contributed by atoms with E-state index < -0.39 is 6.03 Å². The van der Waals surface area contributed by atoms with Gasteiger partial charge in [0.2, 0.25) is 5.91 Å². The molecular formula is C12H24N4O2.